The first-order valence-electron chi connectivity index (χ1n) is 5.73. The maximum absolute atomic E-state index is 12.3. The molecule has 0 fully saturated rings. The van der Waals surface area contributed by atoms with E-state index in [1.54, 1.807) is 0 Å². The van der Waals surface area contributed by atoms with Gasteiger partial charge in [-0.2, -0.15) is 13.2 Å². The van der Waals surface area contributed by atoms with Crippen LogP contribution in [0.4, 0.5) is 13.2 Å². The van der Waals surface area contributed by atoms with Gasteiger partial charge in [-0.05, 0) is 31.9 Å². The molecule has 0 saturated heterocycles. The van der Waals surface area contributed by atoms with Crippen molar-refractivity contribution >= 4 is 0 Å². The molecule has 102 valence electrons. The zero-order valence-electron chi connectivity index (χ0n) is 10.7. The van der Waals surface area contributed by atoms with Gasteiger partial charge in [0.05, 0.1) is 12.6 Å². The van der Waals surface area contributed by atoms with Crippen molar-refractivity contribution in [2.45, 2.75) is 39.1 Å². The molecule has 1 aromatic carbocycles. The number of hydrogen-bond donors (Lipinski definition) is 1. The van der Waals surface area contributed by atoms with Gasteiger partial charge >= 0.3 is 6.18 Å². The van der Waals surface area contributed by atoms with Gasteiger partial charge in [0.15, 0.2) is 6.10 Å². The Bertz CT molecular complexity index is 404. The van der Waals surface area contributed by atoms with Gasteiger partial charge in [-0.25, -0.2) is 0 Å². The minimum Gasteiger partial charge on any atom is -0.367 e. The van der Waals surface area contributed by atoms with Gasteiger partial charge in [0.1, 0.15) is 0 Å². The van der Waals surface area contributed by atoms with Gasteiger partial charge in [0.2, 0.25) is 0 Å². The highest BCUT2D eigenvalue weighted by molar-refractivity contribution is 5.32. The molecule has 2 N–H and O–H groups in total. The van der Waals surface area contributed by atoms with Gasteiger partial charge in [-0.1, -0.05) is 23.8 Å². The lowest BCUT2D eigenvalue weighted by molar-refractivity contribution is -0.215. The summed E-state index contributed by atoms with van der Waals surface area (Å²) in [6.07, 6.45) is -6.14. The molecule has 2 nitrogen and oxygen atoms in total. The zero-order chi connectivity index (χ0) is 13.9. The molecule has 0 spiro atoms. The molecule has 0 heterocycles. The number of benzene rings is 1. The van der Waals surface area contributed by atoms with Gasteiger partial charge in [-0.15, -0.1) is 0 Å². The van der Waals surface area contributed by atoms with Crippen molar-refractivity contribution in [2.75, 3.05) is 6.61 Å². The SMILES string of the molecule is Cc1ccc(C(N)COC(C)C(F)(F)F)c(C)c1. The van der Waals surface area contributed by atoms with Crippen molar-refractivity contribution in [1.82, 2.24) is 0 Å². The Morgan fingerprint density at radius 1 is 1.28 bits per heavy atom. The first-order valence-corrected chi connectivity index (χ1v) is 5.73. The minimum absolute atomic E-state index is 0.148. The Balaban J connectivity index is 2.63. The Morgan fingerprint density at radius 3 is 2.39 bits per heavy atom. The largest absolute Gasteiger partial charge is 0.414 e. The Kier molecular flexibility index (Phi) is 4.76. The van der Waals surface area contributed by atoms with E-state index < -0.39 is 18.3 Å². The summed E-state index contributed by atoms with van der Waals surface area (Å²) in [5.41, 5.74) is 8.71. The Morgan fingerprint density at radius 2 is 1.89 bits per heavy atom. The third-order valence-corrected chi connectivity index (χ3v) is 2.81. The summed E-state index contributed by atoms with van der Waals surface area (Å²) < 4.78 is 41.6. The zero-order valence-corrected chi connectivity index (χ0v) is 10.7. The van der Waals surface area contributed by atoms with Crippen molar-refractivity contribution < 1.29 is 17.9 Å². The van der Waals surface area contributed by atoms with Crippen molar-refractivity contribution in [3.8, 4) is 0 Å². The van der Waals surface area contributed by atoms with E-state index in [1.807, 2.05) is 32.0 Å². The standard InChI is InChI=1S/C13H18F3NO/c1-8-4-5-11(9(2)6-8)12(17)7-18-10(3)13(14,15)16/h4-6,10,12H,7,17H2,1-3H3. The lowest BCUT2D eigenvalue weighted by atomic mass is 10.0. The predicted molar refractivity (Wildman–Crippen MR) is 64.3 cm³/mol. The lowest BCUT2D eigenvalue weighted by Crippen LogP contribution is -2.31. The molecule has 0 saturated carbocycles. The molecule has 5 heteroatoms. The first-order chi connectivity index (χ1) is 8.21. The number of nitrogens with two attached hydrogens (primary N) is 1. The average Bonchev–Trinajstić information content (AvgIpc) is 2.24. The molecular formula is C13H18F3NO. The first kappa shape index (κ1) is 15.0. The molecule has 0 aromatic heterocycles. The number of halogens is 3. The van der Waals surface area contributed by atoms with E-state index in [0.717, 1.165) is 23.6 Å². The van der Waals surface area contributed by atoms with Crippen LogP contribution in [0.1, 0.15) is 29.7 Å². The van der Waals surface area contributed by atoms with Crippen LogP contribution in [0.2, 0.25) is 0 Å². The van der Waals surface area contributed by atoms with Crippen molar-refractivity contribution in [3.05, 3.63) is 34.9 Å². The third kappa shape index (κ3) is 3.99. The number of aryl methyl sites for hydroxylation is 2. The highest BCUT2D eigenvalue weighted by Gasteiger charge is 2.37. The molecule has 0 aliphatic carbocycles. The van der Waals surface area contributed by atoms with Crippen molar-refractivity contribution in [3.63, 3.8) is 0 Å². The van der Waals surface area contributed by atoms with Crippen LogP contribution < -0.4 is 5.73 Å². The summed E-state index contributed by atoms with van der Waals surface area (Å²) in [6, 6.07) is 5.12. The van der Waals surface area contributed by atoms with Gasteiger partial charge in [-0.3, -0.25) is 0 Å². The molecule has 0 amide bonds. The third-order valence-electron chi connectivity index (χ3n) is 2.81. The maximum atomic E-state index is 12.3. The molecule has 2 unspecified atom stereocenters. The fraction of sp³-hybridized carbons (Fsp3) is 0.538. The Labute approximate surface area is 105 Å². The summed E-state index contributed by atoms with van der Waals surface area (Å²) in [5, 5.41) is 0. The molecule has 2 atom stereocenters. The van der Waals surface area contributed by atoms with Crippen molar-refractivity contribution in [1.29, 1.82) is 0 Å². The average molecular weight is 261 g/mol. The summed E-state index contributed by atoms with van der Waals surface area (Å²) in [5.74, 6) is 0. The van der Waals surface area contributed by atoms with Gasteiger partial charge in [0.25, 0.3) is 0 Å². The fourth-order valence-corrected chi connectivity index (χ4v) is 1.67. The van der Waals surface area contributed by atoms with Gasteiger partial charge in [0, 0.05) is 0 Å². The van der Waals surface area contributed by atoms with Crippen LogP contribution in [0.25, 0.3) is 0 Å². The second-order valence-corrected chi connectivity index (χ2v) is 4.48. The van der Waals surface area contributed by atoms with Gasteiger partial charge < -0.3 is 10.5 Å². The van der Waals surface area contributed by atoms with E-state index in [4.69, 9.17) is 10.5 Å². The highest BCUT2D eigenvalue weighted by atomic mass is 19.4. The number of hydrogen-bond acceptors (Lipinski definition) is 2. The van der Waals surface area contributed by atoms with E-state index in [2.05, 4.69) is 0 Å². The fourth-order valence-electron chi connectivity index (χ4n) is 1.67. The number of alkyl halides is 3. The smallest absolute Gasteiger partial charge is 0.367 e. The van der Waals surface area contributed by atoms with E-state index in [0.29, 0.717) is 0 Å². The normalized spacial score (nSPS) is 15.5. The van der Waals surface area contributed by atoms with Crippen LogP contribution in [0.3, 0.4) is 0 Å². The summed E-state index contributed by atoms with van der Waals surface area (Å²) in [6.45, 7) is 4.67. The molecule has 0 aliphatic heterocycles. The maximum Gasteiger partial charge on any atom is 0.414 e. The number of rotatable bonds is 4. The van der Waals surface area contributed by atoms with Crippen LogP contribution in [-0.2, 0) is 4.74 Å². The Hall–Kier alpha value is -1.07. The molecule has 1 aromatic rings. The predicted octanol–water partition coefficient (Wildman–Crippen LogP) is 3.27. The molecule has 0 aliphatic rings. The molecule has 0 radical (unpaired) electrons. The molecular weight excluding hydrogens is 243 g/mol. The van der Waals surface area contributed by atoms with E-state index >= 15 is 0 Å². The van der Waals surface area contributed by atoms with Crippen LogP contribution in [-0.4, -0.2) is 18.9 Å². The van der Waals surface area contributed by atoms with E-state index in [1.165, 1.54) is 0 Å². The minimum atomic E-state index is -4.35. The van der Waals surface area contributed by atoms with E-state index in [9.17, 15) is 13.2 Å². The highest BCUT2D eigenvalue weighted by Crippen LogP contribution is 2.24. The second-order valence-electron chi connectivity index (χ2n) is 4.48. The summed E-state index contributed by atoms with van der Waals surface area (Å²) in [4.78, 5) is 0. The second kappa shape index (κ2) is 5.71. The van der Waals surface area contributed by atoms with Crippen LogP contribution >= 0.6 is 0 Å². The summed E-state index contributed by atoms with van der Waals surface area (Å²) >= 11 is 0. The van der Waals surface area contributed by atoms with Crippen molar-refractivity contribution in [2.24, 2.45) is 5.73 Å². The summed E-state index contributed by atoms with van der Waals surface area (Å²) in [7, 11) is 0. The monoisotopic (exact) mass is 261 g/mol. The molecule has 0 bridgehead atoms. The van der Waals surface area contributed by atoms with Crippen LogP contribution in [0, 0.1) is 13.8 Å². The molecule has 18 heavy (non-hydrogen) atoms. The molecule has 1 rings (SSSR count). The number of ether oxygens (including phenoxy) is 1. The quantitative estimate of drug-likeness (QED) is 0.902. The topological polar surface area (TPSA) is 35.2 Å². The van der Waals surface area contributed by atoms with Crippen LogP contribution in [0.15, 0.2) is 18.2 Å². The lowest BCUT2D eigenvalue weighted by Gasteiger charge is -2.20. The van der Waals surface area contributed by atoms with Crippen LogP contribution in [0.5, 0.6) is 0 Å². The van der Waals surface area contributed by atoms with E-state index in [-0.39, 0.29) is 6.61 Å².